The van der Waals surface area contributed by atoms with E-state index in [9.17, 15) is 0 Å². The molecule has 2 aliphatic heterocycles. The van der Waals surface area contributed by atoms with Gasteiger partial charge in [0.15, 0.2) is 5.60 Å². The molecule has 208 valence electrons. The molecule has 4 aromatic carbocycles. The number of hydrogen-bond donors (Lipinski definition) is 0. The smallest absolute Gasteiger partial charge is 0.151 e. The molecule has 0 amide bonds. The van der Waals surface area contributed by atoms with Crippen molar-refractivity contribution in [3.8, 4) is 5.75 Å². The van der Waals surface area contributed by atoms with Gasteiger partial charge in [0.1, 0.15) is 24.4 Å². The molecule has 3 nitrogen and oxygen atoms in total. The third kappa shape index (κ3) is 3.98. The predicted molar refractivity (Wildman–Crippen MR) is 157 cm³/mol. The normalized spacial score (nSPS) is 32.1. The van der Waals surface area contributed by atoms with Gasteiger partial charge in [-0.3, -0.25) is 0 Å². The first-order chi connectivity index (χ1) is 19.0. The molecule has 40 heavy (non-hydrogen) atoms. The number of rotatable bonds is 7. The average Bonchev–Trinajstić information content (AvgIpc) is 3.52. The first-order valence-corrected chi connectivity index (χ1v) is 14.6. The molecule has 0 N–H and O–H groups in total. The Hall–Kier alpha value is -2.66. The minimum absolute atomic E-state index is 0. The Kier molecular flexibility index (Phi) is 7.09. The Morgan fingerprint density at radius 1 is 0.825 bits per heavy atom. The Morgan fingerprint density at radius 2 is 1.55 bits per heavy atom. The summed E-state index contributed by atoms with van der Waals surface area (Å²) in [6.45, 7) is 9.04. The summed E-state index contributed by atoms with van der Waals surface area (Å²) < 4.78 is 14.0. The van der Waals surface area contributed by atoms with Crippen LogP contribution in [0.5, 0.6) is 5.75 Å². The van der Waals surface area contributed by atoms with E-state index in [1.807, 2.05) is 0 Å². The lowest BCUT2D eigenvalue weighted by Gasteiger charge is -2.43. The summed E-state index contributed by atoms with van der Waals surface area (Å²) in [7, 11) is 1.75. The number of ether oxygens (including phenoxy) is 2. The molecule has 2 saturated heterocycles. The van der Waals surface area contributed by atoms with E-state index in [0.29, 0.717) is 12.5 Å². The van der Waals surface area contributed by atoms with Crippen LogP contribution in [-0.2, 0) is 23.5 Å². The SMILES string of the molecule is COc1ccc(C[N@@+]23C[C@@H](C)[C@@H]4CC[C@@H]([C@@]42C)[C@@](OCc2ccccc2)(c2cccc4ccccc24)C3)cc1.[Br-]. The number of hydrogen-bond acceptors (Lipinski definition) is 2. The van der Waals surface area contributed by atoms with Gasteiger partial charge in [-0.2, -0.15) is 0 Å². The molecule has 0 aromatic heterocycles. The van der Waals surface area contributed by atoms with E-state index >= 15 is 0 Å². The third-order valence-electron chi connectivity index (χ3n) is 10.9. The van der Waals surface area contributed by atoms with Crippen LogP contribution in [0.3, 0.4) is 0 Å². The topological polar surface area (TPSA) is 18.5 Å². The molecule has 7 rings (SSSR count). The van der Waals surface area contributed by atoms with E-state index in [2.05, 4.69) is 111 Å². The largest absolute Gasteiger partial charge is 1.00 e. The van der Waals surface area contributed by atoms with Crippen LogP contribution in [0.2, 0.25) is 0 Å². The van der Waals surface area contributed by atoms with Crippen LogP contribution in [0.1, 0.15) is 43.4 Å². The van der Waals surface area contributed by atoms with Gasteiger partial charge >= 0.3 is 0 Å². The van der Waals surface area contributed by atoms with Crippen molar-refractivity contribution in [3.63, 3.8) is 0 Å². The summed E-state index contributed by atoms with van der Waals surface area (Å²) in [5.74, 6) is 2.83. The van der Waals surface area contributed by atoms with Crippen molar-refractivity contribution in [2.24, 2.45) is 17.8 Å². The Labute approximate surface area is 249 Å². The molecule has 1 aliphatic carbocycles. The summed E-state index contributed by atoms with van der Waals surface area (Å²) in [4.78, 5) is 0. The van der Waals surface area contributed by atoms with E-state index in [0.717, 1.165) is 35.2 Å². The fraction of sp³-hybridized carbons (Fsp3) is 0.389. The van der Waals surface area contributed by atoms with Crippen molar-refractivity contribution in [2.75, 3.05) is 20.2 Å². The quantitative estimate of drug-likeness (QED) is 0.287. The number of benzene rings is 4. The highest BCUT2D eigenvalue weighted by atomic mass is 79.9. The fourth-order valence-corrected chi connectivity index (χ4v) is 9.36. The third-order valence-corrected chi connectivity index (χ3v) is 10.9. The van der Waals surface area contributed by atoms with Crippen molar-refractivity contribution in [2.45, 2.75) is 51.0 Å². The second kappa shape index (κ2) is 10.3. The summed E-state index contributed by atoms with van der Waals surface area (Å²) in [5, 5.41) is 2.65. The van der Waals surface area contributed by atoms with Gasteiger partial charge in [0.2, 0.25) is 0 Å². The van der Waals surface area contributed by atoms with Crippen LogP contribution in [0, 0.1) is 17.8 Å². The molecule has 0 unspecified atom stereocenters. The van der Waals surface area contributed by atoms with Crippen LogP contribution in [0.15, 0.2) is 97.1 Å². The lowest BCUT2D eigenvalue weighted by molar-refractivity contribution is -0.968. The average molecular weight is 599 g/mol. The molecule has 0 spiro atoms. The predicted octanol–water partition coefficient (Wildman–Crippen LogP) is 4.73. The Bertz CT molecular complexity index is 1480. The minimum atomic E-state index is -0.340. The Balaban J connectivity index is 0.00000289. The summed E-state index contributed by atoms with van der Waals surface area (Å²) >= 11 is 0. The van der Waals surface area contributed by atoms with Crippen molar-refractivity contribution >= 4 is 10.8 Å². The van der Waals surface area contributed by atoms with Gasteiger partial charge in [-0.05, 0) is 65.9 Å². The van der Waals surface area contributed by atoms with E-state index in [1.54, 1.807) is 7.11 Å². The van der Waals surface area contributed by atoms with Gasteiger partial charge in [0.25, 0.3) is 0 Å². The lowest BCUT2D eigenvalue weighted by Crippen LogP contribution is -3.00. The number of quaternary nitrogens is 1. The van der Waals surface area contributed by atoms with Gasteiger partial charge < -0.3 is 30.9 Å². The molecule has 4 heteroatoms. The molecular formula is C36H40BrNO2. The van der Waals surface area contributed by atoms with E-state index < -0.39 is 0 Å². The molecule has 3 fully saturated rings. The van der Waals surface area contributed by atoms with Gasteiger partial charge in [0, 0.05) is 17.4 Å². The monoisotopic (exact) mass is 597 g/mol. The summed E-state index contributed by atoms with van der Waals surface area (Å²) in [6, 6.07) is 35.3. The van der Waals surface area contributed by atoms with E-state index in [4.69, 9.17) is 9.47 Å². The van der Waals surface area contributed by atoms with Crippen LogP contribution in [0.4, 0.5) is 0 Å². The minimum Gasteiger partial charge on any atom is -1.00 e. The van der Waals surface area contributed by atoms with Crippen molar-refractivity contribution in [3.05, 3.63) is 114 Å². The number of nitrogens with zero attached hydrogens (tertiary/aromatic N) is 1. The van der Waals surface area contributed by atoms with Crippen LogP contribution in [-0.4, -0.2) is 30.2 Å². The standard InChI is InChI=1S/C36H40NO2.BrH/c1-26-22-37(23-27-16-18-30(38-3)19-17-27)25-36(34-21-20-32(26)35(34,37)2,39-24-28-10-5-4-6-11-28)33-15-9-13-29-12-7-8-14-31(29)33;/h4-19,26,32,34H,20-25H2,1-3H3;1H/q+1;/p-1/t26-,32+,34+,35-,36+,37-;/m1./s1. The summed E-state index contributed by atoms with van der Waals surface area (Å²) in [5.41, 5.74) is 3.86. The molecule has 2 heterocycles. The van der Waals surface area contributed by atoms with Gasteiger partial charge in [-0.25, -0.2) is 0 Å². The van der Waals surface area contributed by atoms with Crippen LogP contribution in [0.25, 0.3) is 10.8 Å². The molecule has 1 saturated carbocycles. The van der Waals surface area contributed by atoms with Gasteiger partial charge in [-0.15, -0.1) is 0 Å². The zero-order chi connectivity index (χ0) is 26.7. The molecule has 0 radical (unpaired) electrons. The van der Waals surface area contributed by atoms with Crippen LogP contribution >= 0.6 is 0 Å². The Morgan fingerprint density at radius 3 is 2.33 bits per heavy atom. The highest BCUT2D eigenvalue weighted by Gasteiger charge is 2.78. The highest BCUT2D eigenvalue weighted by molar-refractivity contribution is 5.86. The first-order valence-electron chi connectivity index (χ1n) is 14.6. The van der Waals surface area contributed by atoms with Crippen LogP contribution < -0.4 is 21.7 Å². The zero-order valence-electron chi connectivity index (χ0n) is 23.9. The molecule has 3 aliphatic rings. The number of halogens is 1. The maximum atomic E-state index is 7.40. The molecule has 0 bridgehead atoms. The number of methoxy groups -OCH3 is 1. The van der Waals surface area contributed by atoms with Crippen molar-refractivity contribution in [1.82, 2.24) is 0 Å². The van der Waals surface area contributed by atoms with Crippen molar-refractivity contribution in [1.29, 1.82) is 0 Å². The maximum Gasteiger partial charge on any atom is 0.151 e. The second-order valence-electron chi connectivity index (χ2n) is 12.6. The van der Waals surface area contributed by atoms with E-state index in [1.165, 1.54) is 46.8 Å². The molecular weight excluding hydrogens is 558 g/mol. The maximum absolute atomic E-state index is 7.40. The van der Waals surface area contributed by atoms with Crippen molar-refractivity contribution < 1.29 is 30.9 Å². The lowest BCUT2D eigenvalue weighted by atomic mass is 9.72. The fourth-order valence-electron chi connectivity index (χ4n) is 9.36. The highest BCUT2D eigenvalue weighted by Crippen LogP contribution is 2.68. The molecule has 6 atom stereocenters. The molecule has 4 aromatic rings. The zero-order valence-corrected chi connectivity index (χ0v) is 25.4. The second-order valence-corrected chi connectivity index (χ2v) is 12.6. The first kappa shape index (κ1) is 27.5. The van der Waals surface area contributed by atoms with Gasteiger partial charge in [-0.1, -0.05) is 79.7 Å². The summed E-state index contributed by atoms with van der Waals surface area (Å²) in [6.07, 6.45) is 2.53. The van der Waals surface area contributed by atoms with Gasteiger partial charge in [0.05, 0.1) is 26.2 Å². The van der Waals surface area contributed by atoms with E-state index in [-0.39, 0.29) is 28.1 Å². The number of fused-ring (bicyclic) bond motifs is 1.